The Kier molecular flexibility index (Phi) is 3.58. The summed E-state index contributed by atoms with van der Waals surface area (Å²) in [6.45, 7) is 2.74. The van der Waals surface area contributed by atoms with Crippen LogP contribution in [0.25, 0.3) is 0 Å². The molecule has 0 amide bonds. The van der Waals surface area contributed by atoms with Crippen molar-refractivity contribution in [2.24, 2.45) is 17.8 Å². The van der Waals surface area contributed by atoms with Crippen LogP contribution in [0.3, 0.4) is 0 Å². The van der Waals surface area contributed by atoms with Gasteiger partial charge in [-0.25, -0.2) is 0 Å². The van der Waals surface area contributed by atoms with Gasteiger partial charge in [-0.2, -0.15) is 0 Å². The summed E-state index contributed by atoms with van der Waals surface area (Å²) in [6, 6.07) is 7.61. The molecule has 0 saturated heterocycles. The normalized spacial score (nSPS) is 28.6. The molecule has 2 aliphatic rings. The lowest BCUT2D eigenvalue weighted by molar-refractivity contribution is 0.0988. The first-order chi connectivity index (χ1) is 9.26. The molecule has 102 valence electrons. The van der Waals surface area contributed by atoms with Gasteiger partial charge in [0.25, 0.3) is 0 Å². The fraction of sp³-hybridized carbons (Fsp3) is 0.588. The second-order valence-electron chi connectivity index (χ2n) is 6.05. The molecular weight excluding hydrogens is 236 g/mol. The first-order valence-electron chi connectivity index (χ1n) is 7.52. The average molecular weight is 258 g/mol. The lowest BCUT2D eigenvalue weighted by atomic mass is 9.89. The molecule has 1 aromatic carbocycles. The van der Waals surface area contributed by atoms with E-state index in [4.69, 9.17) is 4.74 Å². The van der Waals surface area contributed by atoms with Gasteiger partial charge < -0.3 is 4.74 Å². The van der Waals surface area contributed by atoms with Crippen molar-refractivity contribution in [2.45, 2.75) is 39.0 Å². The van der Waals surface area contributed by atoms with Crippen LogP contribution in [0, 0.1) is 17.8 Å². The highest BCUT2D eigenvalue weighted by atomic mass is 16.5. The second kappa shape index (κ2) is 5.36. The number of fused-ring (bicyclic) bond motifs is 2. The number of ketones is 1. The van der Waals surface area contributed by atoms with Gasteiger partial charge in [0.05, 0.1) is 6.61 Å². The van der Waals surface area contributed by atoms with Crippen molar-refractivity contribution >= 4 is 5.78 Å². The number of ether oxygens (including phenoxy) is 1. The fourth-order valence-electron chi connectivity index (χ4n) is 3.73. The van der Waals surface area contributed by atoms with Gasteiger partial charge in [0.15, 0.2) is 5.78 Å². The Bertz CT molecular complexity index is 449. The predicted molar refractivity (Wildman–Crippen MR) is 75.5 cm³/mol. The lowest BCUT2D eigenvalue weighted by Gasteiger charge is -2.21. The zero-order valence-electron chi connectivity index (χ0n) is 11.6. The molecule has 0 N–H and O–H groups in total. The summed E-state index contributed by atoms with van der Waals surface area (Å²) < 4.78 is 5.90. The number of hydrogen-bond acceptors (Lipinski definition) is 2. The first-order valence-corrected chi connectivity index (χ1v) is 7.52. The second-order valence-corrected chi connectivity index (χ2v) is 6.05. The molecule has 2 heteroatoms. The van der Waals surface area contributed by atoms with E-state index >= 15 is 0 Å². The molecule has 0 aliphatic heterocycles. The minimum absolute atomic E-state index is 0.194. The van der Waals surface area contributed by atoms with E-state index in [9.17, 15) is 4.79 Å². The van der Waals surface area contributed by atoms with Gasteiger partial charge in [-0.3, -0.25) is 4.79 Å². The third-order valence-corrected chi connectivity index (χ3v) is 4.85. The Hall–Kier alpha value is -1.31. The van der Waals surface area contributed by atoms with Crippen LogP contribution in [0.4, 0.5) is 0 Å². The molecule has 2 nitrogen and oxygen atoms in total. The minimum atomic E-state index is 0.194. The summed E-state index contributed by atoms with van der Waals surface area (Å²) in [5, 5.41) is 0. The zero-order valence-corrected chi connectivity index (χ0v) is 11.6. The summed E-state index contributed by atoms with van der Waals surface area (Å²) in [5.41, 5.74) is 0.787. The van der Waals surface area contributed by atoms with Gasteiger partial charge in [-0.15, -0.1) is 0 Å². The lowest BCUT2D eigenvalue weighted by Crippen LogP contribution is -2.18. The smallest absolute Gasteiger partial charge is 0.162 e. The van der Waals surface area contributed by atoms with E-state index in [1.54, 1.807) is 0 Å². The fourth-order valence-corrected chi connectivity index (χ4v) is 3.73. The molecule has 0 heterocycles. The summed E-state index contributed by atoms with van der Waals surface area (Å²) in [7, 11) is 0. The third-order valence-electron chi connectivity index (χ3n) is 4.85. The van der Waals surface area contributed by atoms with Crippen molar-refractivity contribution in [1.82, 2.24) is 0 Å². The third kappa shape index (κ3) is 2.68. The maximum atomic E-state index is 11.5. The van der Waals surface area contributed by atoms with E-state index in [1.165, 1.54) is 25.7 Å². The largest absolute Gasteiger partial charge is 0.493 e. The summed E-state index contributed by atoms with van der Waals surface area (Å²) in [6.07, 6.45) is 6.19. The van der Waals surface area contributed by atoms with Gasteiger partial charge in [0.1, 0.15) is 5.75 Å². The average Bonchev–Trinajstić information content (AvgIpc) is 3.07. The monoisotopic (exact) mass is 258 g/mol. The maximum absolute atomic E-state index is 11.5. The molecule has 19 heavy (non-hydrogen) atoms. The van der Waals surface area contributed by atoms with Crippen LogP contribution in [-0.4, -0.2) is 12.4 Å². The van der Waals surface area contributed by atoms with Crippen LogP contribution in [0.1, 0.15) is 49.4 Å². The molecule has 2 saturated carbocycles. The Balaban J connectivity index is 1.54. The van der Waals surface area contributed by atoms with E-state index in [-0.39, 0.29) is 5.78 Å². The molecule has 3 rings (SSSR count). The zero-order chi connectivity index (χ0) is 13.2. The van der Waals surface area contributed by atoms with Crippen LogP contribution in [0.5, 0.6) is 5.75 Å². The molecule has 2 aliphatic carbocycles. The quantitative estimate of drug-likeness (QED) is 0.743. The molecular formula is C17H22O2. The Morgan fingerprint density at radius 1 is 1.21 bits per heavy atom. The highest BCUT2D eigenvalue weighted by Crippen LogP contribution is 2.48. The van der Waals surface area contributed by atoms with Crippen molar-refractivity contribution < 1.29 is 9.53 Å². The molecule has 3 unspecified atom stereocenters. The highest BCUT2D eigenvalue weighted by Gasteiger charge is 2.39. The Morgan fingerprint density at radius 2 is 2.00 bits per heavy atom. The van der Waals surface area contributed by atoms with Gasteiger partial charge in [0.2, 0.25) is 0 Å². The standard InChI is InChI=1S/C17H22O2/c1-2-17(18)13-5-7-16(8-6-13)19-11-15-10-12-3-4-14(15)9-12/h5-8,12,14-15H,2-4,9-11H2,1H3. The van der Waals surface area contributed by atoms with Gasteiger partial charge in [-0.1, -0.05) is 13.3 Å². The number of rotatable bonds is 5. The molecule has 0 aromatic heterocycles. The number of carbonyl (C=O) groups excluding carboxylic acids is 1. The summed E-state index contributed by atoms with van der Waals surface area (Å²) >= 11 is 0. The van der Waals surface area contributed by atoms with Crippen LogP contribution >= 0.6 is 0 Å². The van der Waals surface area contributed by atoms with E-state index in [2.05, 4.69) is 0 Å². The summed E-state index contributed by atoms with van der Waals surface area (Å²) in [4.78, 5) is 11.5. The number of carbonyl (C=O) groups is 1. The van der Waals surface area contributed by atoms with Crippen LogP contribution in [-0.2, 0) is 0 Å². The van der Waals surface area contributed by atoms with Gasteiger partial charge in [0, 0.05) is 12.0 Å². The van der Waals surface area contributed by atoms with Crippen LogP contribution < -0.4 is 4.74 Å². The van der Waals surface area contributed by atoms with Crippen molar-refractivity contribution in [3.05, 3.63) is 29.8 Å². The molecule has 3 atom stereocenters. The van der Waals surface area contributed by atoms with E-state index in [1.807, 2.05) is 31.2 Å². The molecule has 2 fully saturated rings. The van der Waals surface area contributed by atoms with Crippen molar-refractivity contribution in [2.75, 3.05) is 6.61 Å². The molecule has 1 aromatic rings. The van der Waals surface area contributed by atoms with Crippen LogP contribution in [0.15, 0.2) is 24.3 Å². The highest BCUT2D eigenvalue weighted by molar-refractivity contribution is 5.95. The van der Waals surface area contributed by atoms with E-state index in [0.29, 0.717) is 6.42 Å². The minimum Gasteiger partial charge on any atom is -0.493 e. The first kappa shape index (κ1) is 12.7. The van der Waals surface area contributed by atoms with Crippen LogP contribution in [0.2, 0.25) is 0 Å². The van der Waals surface area contributed by atoms with Crippen molar-refractivity contribution in [3.8, 4) is 5.75 Å². The van der Waals surface area contributed by atoms with Gasteiger partial charge >= 0.3 is 0 Å². The topological polar surface area (TPSA) is 26.3 Å². The molecule has 0 radical (unpaired) electrons. The maximum Gasteiger partial charge on any atom is 0.162 e. The number of benzene rings is 1. The Labute approximate surface area is 115 Å². The summed E-state index contributed by atoms with van der Waals surface area (Å²) in [5.74, 6) is 3.74. The molecule has 0 spiro atoms. The van der Waals surface area contributed by atoms with Gasteiger partial charge in [-0.05, 0) is 61.3 Å². The Morgan fingerprint density at radius 3 is 2.58 bits per heavy atom. The van der Waals surface area contributed by atoms with Crippen molar-refractivity contribution in [1.29, 1.82) is 0 Å². The molecule has 2 bridgehead atoms. The van der Waals surface area contributed by atoms with E-state index < -0.39 is 0 Å². The number of hydrogen-bond donors (Lipinski definition) is 0. The SMILES string of the molecule is CCC(=O)c1ccc(OCC2CC3CCC2C3)cc1. The van der Waals surface area contributed by atoms with Crippen molar-refractivity contribution in [3.63, 3.8) is 0 Å². The predicted octanol–water partition coefficient (Wildman–Crippen LogP) is 4.09. The number of Topliss-reactive ketones (excluding diaryl/α,β-unsaturated/α-hetero) is 1. The van der Waals surface area contributed by atoms with E-state index in [0.717, 1.165) is 35.7 Å².